The Labute approximate surface area is 54.2 Å². The van der Waals surface area contributed by atoms with E-state index < -0.39 is 5.97 Å². The SMILES string of the molecule is C=CC[C@@H]1C[C@H]1C(=O)O. The van der Waals surface area contributed by atoms with Gasteiger partial charge in [0.1, 0.15) is 0 Å². The van der Waals surface area contributed by atoms with E-state index in [-0.39, 0.29) is 5.92 Å². The minimum atomic E-state index is -0.651. The van der Waals surface area contributed by atoms with Gasteiger partial charge in [-0.2, -0.15) is 0 Å². The van der Waals surface area contributed by atoms with Crippen molar-refractivity contribution in [2.24, 2.45) is 11.8 Å². The minimum Gasteiger partial charge on any atom is -0.481 e. The molecule has 0 amide bonds. The van der Waals surface area contributed by atoms with Crippen molar-refractivity contribution < 1.29 is 9.90 Å². The van der Waals surface area contributed by atoms with Gasteiger partial charge in [-0.25, -0.2) is 0 Å². The van der Waals surface area contributed by atoms with Crippen LogP contribution < -0.4 is 0 Å². The number of carbonyl (C=O) groups is 1. The third-order valence-corrected chi connectivity index (χ3v) is 1.71. The molecule has 1 fully saturated rings. The molecule has 1 saturated carbocycles. The van der Waals surface area contributed by atoms with Crippen molar-refractivity contribution in [3.63, 3.8) is 0 Å². The van der Waals surface area contributed by atoms with Crippen molar-refractivity contribution in [1.29, 1.82) is 0 Å². The number of aliphatic carboxylic acids is 1. The van der Waals surface area contributed by atoms with Crippen LogP contribution in [-0.4, -0.2) is 11.1 Å². The number of hydrogen-bond acceptors (Lipinski definition) is 1. The zero-order valence-electron chi connectivity index (χ0n) is 5.21. The monoisotopic (exact) mass is 126 g/mol. The van der Waals surface area contributed by atoms with Crippen LogP contribution in [0.3, 0.4) is 0 Å². The molecule has 50 valence electrons. The summed E-state index contributed by atoms with van der Waals surface area (Å²) in [6.45, 7) is 3.54. The average Bonchev–Trinajstić information content (AvgIpc) is 2.47. The predicted molar refractivity (Wildman–Crippen MR) is 34.0 cm³/mol. The fraction of sp³-hybridized carbons (Fsp3) is 0.571. The molecule has 2 atom stereocenters. The van der Waals surface area contributed by atoms with Gasteiger partial charge in [-0.3, -0.25) is 4.79 Å². The van der Waals surface area contributed by atoms with Crippen LogP contribution in [0.15, 0.2) is 12.7 Å². The first-order valence-electron chi connectivity index (χ1n) is 3.09. The molecule has 0 heterocycles. The summed E-state index contributed by atoms with van der Waals surface area (Å²) < 4.78 is 0. The molecule has 2 nitrogen and oxygen atoms in total. The molecule has 1 aliphatic rings. The second-order valence-corrected chi connectivity index (χ2v) is 2.46. The van der Waals surface area contributed by atoms with Gasteiger partial charge in [-0.05, 0) is 18.8 Å². The van der Waals surface area contributed by atoms with Crippen molar-refractivity contribution in [1.82, 2.24) is 0 Å². The normalized spacial score (nSPS) is 31.6. The highest BCUT2D eigenvalue weighted by Gasteiger charge is 2.41. The lowest BCUT2D eigenvalue weighted by Crippen LogP contribution is -1.98. The van der Waals surface area contributed by atoms with Crippen LogP contribution in [0.2, 0.25) is 0 Å². The first kappa shape index (κ1) is 6.33. The Morgan fingerprint density at radius 2 is 2.56 bits per heavy atom. The molecule has 0 spiro atoms. The summed E-state index contributed by atoms with van der Waals surface area (Å²) >= 11 is 0. The lowest BCUT2D eigenvalue weighted by molar-refractivity contribution is -0.138. The van der Waals surface area contributed by atoms with E-state index in [0.717, 1.165) is 12.8 Å². The summed E-state index contributed by atoms with van der Waals surface area (Å²) in [4.78, 5) is 10.2. The maximum absolute atomic E-state index is 10.2. The van der Waals surface area contributed by atoms with Crippen molar-refractivity contribution in [3.8, 4) is 0 Å². The molecule has 0 saturated heterocycles. The van der Waals surface area contributed by atoms with E-state index in [1.165, 1.54) is 0 Å². The van der Waals surface area contributed by atoms with Crippen molar-refractivity contribution in [2.45, 2.75) is 12.8 Å². The summed E-state index contributed by atoms with van der Waals surface area (Å²) in [7, 11) is 0. The summed E-state index contributed by atoms with van der Waals surface area (Å²) in [6.07, 6.45) is 3.49. The molecule has 0 radical (unpaired) electrons. The molecule has 0 aromatic carbocycles. The van der Waals surface area contributed by atoms with Crippen LogP contribution in [0.4, 0.5) is 0 Å². The fourth-order valence-corrected chi connectivity index (χ4v) is 1.02. The van der Waals surface area contributed by atoms with Gasteiger partial charge in [0.05, 0.1) is 5.92 Å². The standard InChI is InChI=1S/C7H10O2/c1-2-3-5-4-6(5)7(8)9/h2,5-6H,1,3-4H2,(H,8,9)/t5-,6-/m1/s1. The highest BCUT2D eigenvalue weighted by Crippen LogP contribution is 2.41. The molecular weight excluding hydrogens is 116 g/mol. The highest BCUT2D eigenvalue weighted by molar-refractivity contribution is 5.73. The molecule has 1 N–H and O–H groups in total. The van der Waals surface area contributed by atoms with Crippen molar-refractivity contribution >= 4 is 5.97 Å². The van der Waals surface area contributed by atoms with Crippen molar-refractivity contribution in [2.75, 3.05) is 0 Å². The lowest BCUT2D eigenvalue weighted by Gasteiger charge is -1.86. The molecule has 0 aromatic rings. The lowest BCUT2D eigenvalue weighted by atomic mass is 10.2. The topological polar surface area (TPSA) is 37.3 Å². The quantitative estimate of drug-likeness (QED) is 0.578. The summed E-state index contributed by atoms with van der Waals surface area (Å²) in [5.41, 5.74) is 0. The Hall–Kier alpha value is -0.790. The van der Waals surface area contributed by atoms with Crippen LogP contribution in [0, 0.1) is 11.8 Å². The molecule has 0 aromatic heterocycles. The van der Waals surface area contributed by atoms with E-state index >= 15 is 0 Å². The minimum absolute atomic E-state index is 0.0667. The van der Waals surface area contributed by atoms with Gasteiger partial charge >= 0.3 is 5.97 Å². The van der Waals surface area contributed by atoms with Gasteiger partial charge in [0.2, 0.25) is 0 Å². The van der Waals surface area contributed by atoms with Gasteiger partial charge in [0.25, 0.3) is 0 Å². The second-order valence-electron chi connectivity index (χ2n) is 2.46. The zero-order valence-corrected chi connectivity index (χ0v) is 5.21. The Bertz CT molecular complexity index is 140. The molecule has 1 aliphatic carbocycles. The molecular formula is C7H10O2. The maximum Gasteiger partial charge on any atom is 0.306 e. The molecule has 0 unspecified atom stereocenters. The average molecular weight is 126 g/mol. The van der Waals surface area contributed by atoms with E-state index in [0.29, 0.717) is 5.92 Å². The Morgan fingerprint density at radius 1 is 1.89 bits per heavy atom. The molecule has 1 rings (SSSR count). The van der Waals surface area contributed by atoms with Crippen molar-refractivity contribution in [3.05, 3.63) is 12.7 Å². The zero-order chi connectivity index (χ0) is 6.85. The number of rotatable bonds is 3. The first-order chi connectivity index (χ1) is 4.25. The molecule has 0 bridgehead atoms. The summed E-state index contributed by atoms with van der Waals surface area (Å²) in [5.74, 6) is -0.329. The number of hydrogen-bond donors (Lipinski definition) is 1. The van der Waals surface area contributed by atoms with E-state index in [2.05, 4.69) is 6.58 Å². The van der Waals surface area contributed by atoms with E-state index in [9.17, 15) is 4.79 Å². The summed E-state index contributed by atoms with van der Waals surface area (Å²) in [6, 6.07) is 0. The first-order valence-corrected chi connectivity index (χ1v) is 3.09. The number of carboxylic acids is 1. The molecule has 2 heteroatoms. The third-order valence-electron chi connectivity index (χ3n) is 1.71. The predicted octanol–water partition coefficient (Wildman–Crippen LogP) is 1.28. The van der Waals surface area contributed by atoms with Crippen LogP contribution in [-0.2, 0) is 4.79 Å². The van der Waals surface area contributed by atoms with E-state index in [1.807, 2.05) is 0 Å². The van der Waals surface area contributed by atoms with E-state index in [1.54, 1.807) is 6.08 Å². The van der Waals surface area contributed by atoms with Gasteiger partial charge in [-0.15, -0.1) is 6.58 Å². The Morgan fingerprint density at radius 3 is 2.89 bits per heavy atom. The third kappa shape index (κ3) is 1.31. The van der Waals surface area contributed by atoms with Gasteiger partial charge in [0.15, 0.2) is 0 Å². The van der Waals surface area contributed by atoms with Crippen LogP contribution in [0.1, 0.15) is 12.8 Å². The van der Waals surface area contributed by atoms with Crippen LogP contribution in [0.25, 0.3) is 0 Å². The largest absolute Gasteiger partial charge is 0.481 e. The molecule has 9 heavy (non-hydrogen) atoms. The Kier molecular flexibility index (Phi) is 1.56. The highest BCUT2D eigenvalue weighted by atomic mass is 16.4. The van der Waals surface area contributed by atoms with Gasteiger partial charge in [-0.1, -0.05) is 6.08 Å². The Balaban J connectivity index is 2.24. The maximum atomic E-state index is 10.2. The van der Waals surface area contributed by atoms with E-state index in [4.69, 9.17) is 5.11 Å². The van der Waals surface area contributed by atoms with Gasteiger partial charge < -0.3 is 5.11 Å². The van der Waals surface area contributed by atoms with Gasteiger partial charge in [0, 0.05) is 0 Å². The fourth-order valence-electron chi connectivity index (χ4n) is 1.02. The van der Waals surface area contributed by atoms with Crippen LogP contribution in [0.5, 0.6) is 0 Å². The van der Waals surface area contributed by atoms with Crippen LogP contribution >= 0.6 is 0 Å². The summed E-state index contributed by atoms with van der Waals surface area (Å²) in [5, 5.41) is 8.42. The number of allylic oxidation sites excluding steroid dienone is 1. The second kappa shape index (κ2) is 2.21. The number of carboxylic acid groups (broad SMARTS) is 1. The smallest absolute Gasteiger partial charge is 0.306 e. The molecule has 0 aliphatic heterocycles.